The SMILES string of the molecule is CC1CC(NC(=O)c2cc3ccccc3c3cccnc23)CCN1. The number of nitrogens with zero attached hydrogens (tertiary/aromatic N) is 1. The van der Waals surface area contributed by atoms with Crippen molar-refractivity contribution in [1.29, 1.82) is 0 Å². The lowest BCUT2D eigenvalue weighted by Gasteiger charge is -2.28. The molecule has 2 aromatic carbocycles. The van der Waals surface area contributed by atoms with Crippen LogP contribution in [0.4, 0.5) is 0 Å². The van der Waals surface area contributed by atoms with Crippen LogP contribution in [-0.4, -0.2) is 29.5 Å². The van der Waals surface area contributed by atoms with Crippen molar-refractivity contribution < 1.29 is 4.79 Å². The number of nitrogens with one attached hydrogen (secondary N) is 2. The molecule has 1 aliphatic rings. The predicted octanol–water partition coefficient (Wildman–Crippen LogP) is 3.26. The molecule has 4 nitrogen and oxygen atoms in total. The highest BCUT2D eigenvalue weighted by molar-refractivity contribution is 6.15. The van der Waals surface area contributed by atoms with Crippen LogP contribution in [-0.2, 0) is 0 Å². The van der Waals surface area contributed by atoms with E-state index in [1.165, 1.54) is 0 Å². The molecule has 3 aromatic rings. The molecule has 2 N–H and O–H groups in total. The van der Waals surface area contributed by atoms with Gasteiger partial charge in [0.1, 0.15) is 0 Å². The van der Waals surface area contributed by atoms with Crippen LogP contribution >= 0.6 is 0 Å². The van der Waals surface area contributed by atoms with Crippen molar-refractivity contribution >= 4 is 27.6 Å². The number of hydrogen-bond donors (Lipinski definition) is 2. The van der Waals surface area contributed by atoms with Gasteiger partial charge in [-0.25, -0.2) is 0 Å². The van der Waals surface area contributed by atoms with Crippen LogP contribution in [0.3, 0.4) is 0 Å². The van der Waals surface area contributed by atoms with Crippen molar-refractivity contribution in [3.63, 3.8) is 0 Å². The number of pyridine rings is 1. The molecule has 1 fully saturated rings. The van der Waals surface area contributed by atoms with E-state index in [0.717, 1.165) is 41.1 Å². The maximum absolute atomic E-state index is 12.9. The molecule has 122 valence electrons. The molecule has 2 unspecified atom stereocenters. The minimum absolute atomic E-state index is 0.0245. The van der Waals surface area contributed by atoms with Crippen LogP contribution in [0.1, 0.15) is 30.1 Å². The van der Waals surface area contributed by atoms with Gasteiger partial charge in [-0.15, -0.1) is 0 Å². The summed E-state index contributed by atoms with van der Waals surface area (Å²) in [5.74, 6) is -0.0245. The van der Waals surface area contributed by atoms with Crippen molar-refractivity contribution in [2.75, 3.05) is 6.54 Å². The molecule has 0 aliphatic carbocycles. The molecule has 24 heavy (non-hydrogen) atoms. The maximum Gasteiger partial charge on any atom is 0.253 e. The topological polar surface area (TPSA) is 54.0 Å². The Balaban J connectivity index is 1.75. The monoisotopic (exact) mass is 319 g/mol. The molecule has 2 atom stereocenters. The van der Waals surface area contributed by atoms with E-state index in [-0.39, 0.29) is 11.9 Å². The fraction of sp³-hybridized carbons (Fsp3) is 0.300. The second kappa shape index (κ2) is 6.21. The number of amides is 1. The Kier molecular flexibility index (Phi) is 3.90. The maximum atomic E-state index is 12.9. The van der Waals surface area contributed by atoms with Crippen molar-refractivity contribution in [2.24, 2.45) is 0 Å². The number of hydrogen-bond acceptors (Lipinski definition) is 3. The Morgan fingerprint density at radius 1 is 1.21 bits per heavy atom. The van der Waals surface area contributed by atoms with Crippen LogP contribution in [0.2, 0.25) is 0 Å². The Morgan fingerprint density at radius 2 is 2.04 bits per heavy atom. The lowest BCUT2D eigenvalue weighted by atomic mass is 9.98. The minimum atomic E-state index is -0.0245. The molecular weight excluding hydrogens is 298 g/mol. The molecule has 0 radical (unpaired) electrons. The number of rotatable bonds is 2. The summed E-state index contributed by atoms with van der Waals surface area (Å²) in [5.41, 5.74) is 1.44. The average molecular weight is 319 g/mol. The lowest BCUT2D eigenvalue weighted by molar-refractivity contribution is 0.0927. The van der Waals surface area contributed by atoms with E-state index in [9.17, 15) is 4.79 Å². The first kappa shape index (κ1) is 15.1. The molecule has 0 bridgehead atoms. The van der Waals surface area contributed by atoms with Gasteiger partial charge in [-0.1, -0.05) is 30.3 Å². The molecule has 1 saturated heterocycles. The van der Waals surface area contributed by atoms with Crippen LogP contribution in [0, 0.1) is 0 Å². The van der Waals surface area contributed by atoms with E-state index < -0.39 is 0 Å². The van der Waals surface area contributed by atoms with Crippen molar-refractivity contribution in [3.05, 3.63) is 54.2 Å². The average Bonchev–Trinajstić information content (AvgIpc) is 2.61. The highest BCUT2D eigenvalue weighted by Crippen LogP contribution is 2.27. The summed E-state index contributed by atoms with van der Waals surface area (Å²) < 4.78 is 0. The molecule has 2 heterocycles. The van der Waals surface area contributed by atoms with E-state index >= 15 is 0 Å². The van der Waals surface area contributed by atoms with Gasteiger partial charge >= 0.3 is 0 Å². The Morgan fingerprint density at radius 3 is 2.92 bits per heavy atom. The number of aromatic nitrogens is 1. The minimum Gasteiger partial charge on any atom is -0.349 e. The van der Waals surface area contributed by atoms with Crippen LogP contribution in [0.5, 0.6) is 0 Å². The third-order valence-electron chi connectivity index (χ3n) is 4.82. The van der Waals surface area contributed by atoms with Gasteiger partial charge in [-0.3, -0.25) is 9.78 Å². The molecule has 1 amide bonds. The standard InChI is InChI=1S/C20H21N3O/c1-13-11-15(8-10-21-13)23-20(24)18-12-14-5-2-3-6-16(14)17-7-4-9-22-19(17)18/h2-7,9,12-13,15,21H,8,10-11H2,1H3,(H,23,24). The molecule has 0 saturated carbocycles. The van der Waals surface area contributed by atoms with Crippen molar-refractivity contribution in [1.82, 2.24) is 15.6 Å². The number of piperidine rings is 1. The van der Waals surface area contributed by atoms with Crippen LogP contribution < -0.4 is 10.6 Å². The summed E-state index contributed by atoms with van der Waals surface area (Å²) in [6.45, 7) is 3.11. The molecule has 4 heteroatoms. The van der Waals surface area contributed by atoms with Gasteiger partial charge in [0, 0.05) is 23.7 Å². The van der Waals surface area contributed by atoms with Gasteiger partial charge in [0.25, 0.3) is 5.91 Å². The van der Waals surface area contributed by atoms with Crippen LogP contribution in [0.15, 0.2) is 48.7 Å². The summed E-state index contributed by atoms with van der Waals surface area (Å²) in [6, 6.07) is 14.7. The second-order valence-electron chi connectivity index (χ2n) is 6.59. The fourth-order valence-electron chi connectivity index (χ4n) is 3.63. The van der Waals surface area contributed by atoms with Crippen LogP contribution in [0.25, 0.3) is 21.7 Å². The number of benzene rings is 2. The number of carbonyl (C=O) groups excluding carboxylic acids is 1. The normalized spacial score (nSPS) is 21.0. The van der Waals surface area contributed by atoms with Gasteiger partial charge in [-0.05, 0) is 49.2 Å². The zero-order chi connectivity index (χ0) is 16.5. The third-order valence-corrected chi connectivity index (χ3v) is 4.82. The van der Waals surface area contributed by atoms with E-state index in [0.29, 0.717) is 11.6 Å². The quantitative estimate of drug-likeness (QED) is 0.713. The summed E-state index contributed by atoms with van der Waals surface area (Å²) in [6.07, 6.45) is 3.68. The second-order valence-corrected chi connectivity index (χ2v) is 6.59. The molecule has 4 rings (SSSR count). The Hall–Kier alpha value is -2.46. The Bertz CT molecular complexity index is 906. The lowest BCUT2D eigenvalue weighted by Crippen LogP contribution is -2.46. The number of fused-ring (bicyclic) bond motifs is 3. The summed E-state index contributed by atoms with van der Waals surface area (Å²) >= 11 is 0. The third kappa shape index (κ3) is 2.74. The van der Waals surface area contributed by atoms with Crippen molar-refractivity contribution in [3.8, 4) is 0 Å². The van der Waals surface area contributed by atoms with E-state index in [2.05, 4.69) is 28.6 Å². The highest BCUT2D eigenvalue weighted by atomic mass is 16.1. The molecule has 1 aromatic heterocycles. The first-order chi connectivity index (χ1) is 11.7. The van der Waals surface area contributed by atoms with Gasteiger partial charge in [0.05, 0.1) is 11.1 Å². The smallest absolute Gasteiger partial charge is 0.253 e. The number of carbonyl (C=O) groups is 1. The van der Waals surface area contributed by atoms with E-state index in [4.69, 9.17) is 0 Å². The first-order valence-electron chi connectivity index (χ1n) is 8.53. The van der Waals surface area contributed by atoms with E-state index in [1.54, 1.807) is 6.20 Å². The van der Waals surface area contributed by atoms with E-state index in [1.807, 2.05) is 36.4 Å². The highest BCUT2D eigenvalue weighted by Gasteiger charge is 2.22. The summed E-state index contributed by atoms with van der Waals surface area (Å²) in [4.78, 5) is 17.4. The van der Waals surface area contributed by atoms with Gasteiger partial charge in [0.15, 0.2) is 0 Å². The fourth-order valence-corrected chi connectivity index (χ4v) is 3.63. The molecule has 1 aliphatic heterocycles. The summed E-state index contributed by atoms with van der Waals surface area (Å²) in [7, 11) is 0. The predicted molar refractivity (Wildman–Crippen MR) is 97.2 cm³/mol. The first-order valence-corrected chi connectivity index (χ1v) is 8.53. The molecular formula is C20H21N3O. The zero-order valence-corrected chi connectivity index (χ0v) is 13.8. The summed E-state index contributed by atoms with van der Waals surface area (Å²) in [5, 5.41) is 9.85. The Labute approximate surface area is 141 Å². The molecule has 0 spiro atoms. The van der Waals surface area contributed by atoms with Gasteiger partial charge in [0.2, 0.25) is 0 Å². The largest absolute Gasteiger partial charge is 0.349 e. The zero-order valence-electron chi connectivity index (χ0n) is 13.8. The van der Waals surface area contributed by atoms with Crippen molar-refractivity contribution in [2.45, 2.75) is 31.8 Å². The van der Waals surface area contributed by atoms with Gasteiger partial charge in [-0.2, -0.15) is 0 Å². The van der Waals surface area contributed by atoms with Gasteiger partial charge < -0.3 is 10.6 Å².